The Bertz CT molecular complexity index is 693. The van der Waals surface area contributed by atoms with Crippen molar-refractivity contribution in [3.63, 3.8) is 0 Å². The smallest absolute Gasteiger partial charge is 0.0539 e. The highest BCUT2D eigenvalue weighted by molar-refractivity contribution is 6.10. The SMILES string of the molecule is Cc1[nH]c2c(ccc3c(N)cccc32)c1C. The van der Waals surface area contributed by atoms with Crippen molar-refractivity contribution in [1.29, 1.82) is 0 Å². The highest BCUT2D eigenvalue weighted by Gasteiger charge is 2.08. The average Bonchev–Trinajstić information content (AvgIpc) is 2.56. The lowest BCUT2D eigenvalue weighted by atomic mass is 10.0. The van der Waals surface area contributed by atoms with Crippen molar-refractivity contribution in [2.24, 2.45) is 0 Å². The Balaban J connectivity index is 2.60. The lowest BCUT2D eigenvalue weighted by molar-refractivity contribution is 1.26. The molecular weight excluding hydrogens is 196 g/mol. The molecule has 1 heterocycles. The number of aromatic amines is 1. The molecule has 2 nitrogen and oxygen atoms in total. The number of nitrogens with two attached hydrogens (primary N) is 1. The van der Waals surface area contributed by atoms with Crippen LogP contribution in [0.3, 0.4) is 0 Å². The van der Waals surface area contributed by atoms with Crippen molar-refractivity contribution in [2.75, 3.05) is 5.73 Å². The summed E-state index contributed by atoms with van der Waals surface area (Å²) < 4.78 is 0. The van der Waals surface area contributed by atoms with Crippen LogP contribution in [-0.4, -0.2) is 4.98 Å². The van der Waals surface area contributed by atoms with Gasteiger partial charge in [-0.25, -0.2) is 0 Å². The molecule has 0 saturated carbocycles. The van der Waals surface area contributed by atoms with Crippen LogP contribution in [0.15, 0.2) is 30.3 Å². The third-order valence-electron chi connectivity index (χ3n) is 3.37. The number of fused-ring (bicyclic) bond motifs is 3. The van der Waals surface area contributed by atoms with E-state index in [-0.39, 0.29) is 0 Å². The van der Waals surface area contributed by atoms with Crippen molar-refractivity contribution >= 4 is 27.4 Å². The minimum atomic E-state index is 0.837. The van der Waals surface area contributed by atoms with Gasteiger partial charge in [-0.05, 0) is 25.5 Å². The Morgan fingerprint density at radius 2 is 1.69 bits per heavy atom. The summed E-state index contributed by atoms with van der Waals surface area (Å²) in [6.45, 7) is 4.25. The van der Waals surface area contributed by atoms with E-state index in [4.69, 9.17) is 5.73 Å². The molecule has 0 unspecified atom stereocenters. The van der Waals surface area contributed by atoms with Gasteiger partial charge in [0.25, 0.3) is 0 Å². The van der Waals surface area contributed by atoms with Crippen molar-refractivity contribution in [3.8, 4) is 0 Å². The molecule has 0 spiro atoms. The van der Waals surface area contributed by atoms with Crippen LogP contribution in [0.2, 0.25) is 0 Å². The number of hydrogen-bond acceptors (Lipinski definition) is 1. The van der Waals surface area contributed by atoms with E-state index in [2.05, 4.69) is 37.0 Å². The van der Waals surface area contributed by atoms with Crippen LogP contribution in [0.25, 0.3) is 21.7 Å². The van der Waals surface area contributed by atoms with Gasteiger partial charge in [0.05, 0.1) is 5.52 Å². The molecule has 2 heteroatoms. The molecule has 80 valence electrons. The van der Waals surface area contributed by atoms with E-state index in [1.807, 2.05) is 12.1 Å². The second-order valence-corrected chi connectivity index (χ2v) is 4.31. The number of H-pyrrole nitrogens is 1. The molecule has 1 aromatic heterocycles. The average molecular weight is 210 g/mol. The van der Waals surface area contributed by atoms with Crippen LogP contribution in [-0.2, 0) is 0 Å². The van der Waals surface area contributed by atoms with Gasteiger partial charge in [-0.2, -0.15) is 0 Å². The first kappa shape index (κ1) is 9.28. The molecule has 16 heavy (non-hydrogen) atoms. The molecule has 2 aromatic carbocycles. The summed E-state index contributed by atoms with van der Waals surface area (Å²) in [5.74, 6) is 0. The zero-order valence-corrected chi connectivity index (χ0v) is 9.46. The summed E-state index contributed by atoms with van der Waals surface area (Å²) in [5.41, 5.74) is 10.6. The number of nitrogens with one attached hydrogen (secondary N) is 1. The fourth-order valence-corrected chi connectivity index (χ4v) is 2.31. The highest BCUT2D eigenvalue weighted by Crippen LogP contribution is 2.31. The van der Waals surface area contributed by atoms with E-state index >= 15 is 0 Å². The van der Waals surface area contributed by atoms with Gasteiger partial charge >= 0.3 is 0 Å². The summed E-state index contributed by atoms with van der Waals surface area (Å²) in [4.78, 5) is 3.44. The summed E-state index contributed by atoms with van der Waals surface area (Å²) in [6.07, 6.45) is 0. The first-order chi connectivity index (χ1) is 7.68. The Hall–Kier alpha value is -1.96. The van der Waals surface area contributed by atoms with Gasteiger partial charge in [-0.3, -0.25) is 0 Å². The summed E-state index contributed by atoms with van der Waals surface area (Å²) in [7, 11) is 0. The van der Waals surface area contributed by atoms with E-state index in [0.29, 0.717) is 0 Å². The van der Waals surface area contributed by atoms with E-state index in [0.717, 1.165) is 11.1 Å². The number of anilines is 1. The quantitative estimate of drug-likeness (QED) is 0.548. The molecule has 0 saturated heterocycles. The minimum absolute atomic E-state index is 0.837. The fraction of sp³-hybridized carbons (Fsp3) is 0.143. The van der Waals surface area contributed by atoms with Gasteiger partial charge in [0, 0.05) is 27.5 Å². The monoisotopic (exact) mass is 210 g/mol. The van der Waals surface area contributed by atoms with Gasteiger partial charge in [0.15, 0.2) is 0 Å². The number of benzene rings is 2. The fourth-order valence-electron chi connectivity index (χ4n) is 2.31. The van der Waals surface area contributed by atoms with Crippen LogP contribution in [0.5, 0.6) is 0 Å². The van der Waals surface area contributed by atoms with Gasteiger partial charge in [0.2, 0.25) is 0 Å². The summed E-state index contributed by atoms with van der Waals surface area (Å²) >= 11 is 0. The van der Waals surface area contributed by atoms with Crippen LogP contribution >= 0.6 is 0 Å². The number of aryl methyl sites for hydroxylation is 2. The lowest BCUT2D eigenvalue weighted by Crippen LogP contribution is -1.86. The first-order valence-corrected chi connectivity index (χ1v) is 5.44. The molecule has 0 aliphatic heterocycles. The second-order valence-electron chi connectivity index (χ2n) is 4.31. The van der Waals surface area contributed by atoms with E-state index in [9.17, 15) is 0 Å². The molecule has 3 aromatic rings. The van der Waals surface area contributed by atoms with Crippen LogP contribution in [0, 0.1) is 13.8 Å². The largest absolute Gasteiger partial charge is 0.398 e. The maximum atomic E-state index is 5.98. The number of hydrogen-bond donors (Lipinski definition) is 2. The van der Waals surface area contributed by atoms with Gasteiger partial charge in [-0.1, -0.05) is 24.3 Å². The third kappa shape index (κ3) is 1.07. The van der Waals surface area contributed by atoms with Gasteiger partial charge in [-0.15, -0.1) is 0 Å². The van der Waals surface area contributed by atoms with Crippen LogP contribution in [0.1, 0.15) is 11.3 Å². The predicted molar refractivity (Wildman–Crippen MR) is 69.7 cm³/mol. The Morgan fingerprint density at radius 1 is 0.938 bits per heavy atom. The third-order valence-corrected chi connectivity index (χ3v) is 3.37. The van der Waals surface area contributed by atoms with Gasteiger partial charge < -0.3 is 10.7 Å². The van der Waals surface area contributed by atoms with Crippen LogP contribution in [0.4, 0.5) is 5.69 Å². The van der Waals surface area contributed by atoms with E-state index in [1.54, 1.807) is 0 Å². The van der Waals surface area contributed by atoms with Crippen LogP contribution < -0.4 is 5.73 Å². The summed E-state index contributed by atoms with van der Waals surface area (Å²) in [5, 5.41) is 3.61. The molecule has 0 atom stereocenters. The standard InChI is InChI=1S/C14H14N2/c1-8-9(2)16-14-10(8)6-7-11-12(14)4-3-5-13(11)15/h3-7,16H,15H2,1-2H3. The molecule has 3 N–H and O–H groups in total. The lowest BCUT2D eigenvalue weighted by Gasteiger charge is -2.02. The molecule has 0 aliphatic rings. The molecule has 0 aliphatic carbocycles. The van der Waals surface area contributed by atoms with Crippen molar-refractivity contribution < 1.29 is 0 Å². The topological polar surface area (TPSA) is 41.8 Å². The minimum Gasteiger partial charge on any atom is -0.398 e. The zero-order valence-electron chi connectivity index (χ0n) is 9.46. The van der Waals surface area contributed by atoms with Crippen molar-refractivity contribution in [2.45, 2.75) is 13.8 Å². The second kappa shape index (κ2) is 3.01. The maximum absolute atomic E-state index is 5.98. The number of rotatable bonds is 0. The normalized spacial score (nSPS) is 11.4. The molecule has 0 radical (unpaired) electrons. The highest BCUT2D eigenvalue weighted by atomic mass is 14.7. The molecular formula is C14H14N2. The molecule has 0 amide bonds. The predicted octanol–water partition coefficient (Wildman–Crippen LogP) is 3.52. The van der Waals surface area contributed by atoms with Crippen molar-refractivity contribution in [1.82, 2.24) is 4.98 Å². The van der Waals surface area contributed by atoms with Crippen molar-refractivity contribution in [3.05, 3.63) is 41.6 Å². The molecule has 3 rings (SSSR count). The first-order valence-electron chi connectivity index (χ1n) is 5.44. The molecule has 0 bridgehead atoms. The number of nitrogen functional groups attached to an aromatic ring is 1. The van der Waals surface area contributed by atoms with E-state index < -0.39 is 0 Å². The van der Waals surface area contributed by atoms with Gasteiger partial charge in [0.1, 0.15) is 0 Å². The van der Waals surface area contributed by atoms with E-state index in [1.165, 1.54) is 27.5 Å². The number of aromatic nitrogens is 1. The zero-order chi connectivity index (χ0) is 11.3. The Labute approximate surface area is 94.1 Å². The Kier molecular flexibility index (Phi) is 1.75. The summed E-state index contributed by atoms with van der Waals surface area (Å²) in [6, 6.07) is 10.3. The maximum Gasteiger partial charge on any atom is 0.0539 e. The molecule has 0 fully saturated rings. The Morgan fingerprint density at radius 3 is 2.50 bits per heavy atom.